The molecule has 0 heterocycles. The molecule has 2 aromatic carbocycles. The summed E-state index contributed by atoms with van der Waals surface area (Å²) < 4.78 is 10.2. The molecule has 4 nitrogen and oxygen atoms in total. The molecule has 0 radical (unpaired) electrons. The number of hydrogen-bond donors (Lipinski definition) is 1. The number of benzene rings is 2. The first kappa shape index (κ1) is 16.7. The van der Waals surface area contributed by atoms with Crippen LogP contribution in [0.1, 0.15) is 10.4 Å². The molecule has 0 bridgehead atoms. The van der Waals surface area contributed by atoms with Crippen molar-refractivity contribution in [1.29, 1.82) is 0 Å². The van der Waals surface area contributed by atoms with Crippen molar-refractivity contribution in [2.24, 2.45) is 0 Å². The predicted molar refractivity (Wildman–Crippen MR) is 89.0 cm³/mol. The van der Waals surface area contributed by atoms with E-state index in [1.165, 1.54) is 26.4 Å². The monoisotopic (exact) mass is 359 g/mol. The fourth-order valence-electron chi connectivity index (χ4n) is 1.86. The Morgan fingerprint density at radius 1 is 1.00 bits per heavy atom. The summed E-state index contributed by atoms with van der Waals surface area (Å²) in [6, 6.07) is 7.85. The fraction of sp³-hybridized carbons (Fsp3) is 0.133. The van der Waals surface area contributed by atoms with E-state index in [4.69, 9.17) is 44.3 Å². The highest BCUT2D eigenvalue weighted by atomic mass is 35.5. The zero-order chi connectivity index (χ0) is 16.3. The van der Waals surface area contributed by atoms with E-state index in [1.807, 2.05) is 0 Å². The Bertz CT molecular complexity index is 696. The van der Waals surface area contributed by atoms with Crippen LogP contribution >= 0.6 is 34.8 Å². The maximum atomic E-state index is 12.3. The highest BCUT2D eigenvalue weighted by Gasteiger charge is 2.15. The topological polar surface area (TPSA) is 47.6 Å². The van der Waals surface area contributed by atoms with Crippen LogP contribution in [0.4, 0.5) is 5.69 Å². The lowest BCUT2D eigenvalue weighted by Crippen LogP contribution is -2.13. The number of amides is 1. The first-order valence-electron chi connectivity index (χ1n) is 6.14. The minimum Gasteiger partial charge on any atom is -0.495 e. The Labute approximate surface area is 142 Å². The lowest BCUT2D eigenvalue weighted by atomic mass is 10.2. The molecule has 0 saturated heterocycles. The van der Waals surface area contributed by atoms with Crippen LogP contribution in [-0.4, -0.2) is 20.1 Å². The summed E-state index contributed by atoms with van der Waals surface area (Å²) in [6.45, 7) is 0. The number of rotatable bonds is 4. The van der Waals surface area contributed by atoms with E-state index < -0.39 is 5.91 Å². The SMILES string of the molecule is COc1ccc(Cl)cc1NC(=O)c1cc(Cl)c(OC)c(Cl)c1. The summed E-state index contributed by atoms with van der Waals surface area (Å²) in [5.74, 6) is 0.413. The Kier molecular flexibility index (Phi) is 5.40. The third-order valence-electron chi connectivity index (χ3n) is 2.87. The number of carbonyl (C=O) groups is 1. The quantitative estimate of drug-likeness (QED) is 0.842. The number of carbonyl (C=O) groups excluding carboxylic acids is 1. The number of hydrogen-bond acceptors (Lipinski definition) is 3. The van der Waals surface area contributed by atoms with Crippen molar-refractivity contribution in [2.75, 3.05) is 19.5 Å². The second kappa shape index (κ2) is 7.09. The van der Waals surface area contributed by atoms with Gasteiger partial charge in [0.15, 0.2) is 5.75 Å². The largest absolute Gasteiger partial charge is 0.495 e. The minimum absolute atomic E-state index is 0.248. The smallest absolute Gasteiger partial charge is 0.255 e. The van der Waals surface area contributed by atoms with E-state index in [9.17, 15) is 4.79 Å². The average Bonchev–Trinajstić information content (AvgIpc) is 2.47. The summed E-state index contributed by atoms with van der Waals surface area (Å²) in [5, 5.41) is 3.67. The van der Waals surface area contributed by atoms with Crippen molar-refractivity contribution < 1.29 is 14.3 Å². The Hall–Kier alpha value is -1.62. The maximum absolute atomic E-state index is 12.3. The number of nitrogens with one attached hydrogen (secondary N) is 1. The highest BCUT2D eigenvalue weighted by Crippen LogP contribution is 2.34. The van der Waals surface area contributed by atoms with Crippen molar-refractivity contribution in [2.45, 2.75) is 0 Å². The number of anilines is 1. The normalized spacial score (nSPS) is 10.2. The molecule has 2 aromatic rings. The molecule has 0 aromatic heterocycles. The summed E-state index contributed by atoms with van der Waals surface area (Å²) >= 11 is 18.0. The zero-order valence-corrected chi connectivity index (χ0v) is 14.0. The molecule has 22 heavy (non-hydrogen) atoms. The van der Waals surface area contributed by atoms with Crippen LogP contribution in [0.25, 0.3) is 0 Å². The number of halogens is 3. The van der Waals surface area contributed by atoms with Crippen molar-refractivity contribution in [3.8, 4) is 11.5 Å². The molecular formula is C15H12Cl3NO3. The van der Waals surface area contributed by atoms with Crippen molar-refractivity contribution in [3.63, 3.8) is 0 Å². The van der Waals surface area contributed by atoms with E-state index in [-0.39, 0.29) is 15.6 Å². The van der Waals surface area contributed by atoms with Gasteiger partial charge in [0.25, 0.3) is 5.91 Å². The standard InChI is InChI=1S/C15H12Cl3NO3/c1-21-13-4-3-9(16)7-12(13)19-15(20)8-5-10(17)14(22-2)11(18)6-8/h3-7H,1-2H3,(H,19,20). The third kappa shape index (κ3) is 3.58. The van der Waals surface area contributed by atoms with E-state index in [2.05, 4.69) is 5.32 Å². The number of ether oxygens (including phenoxy) is 2. The van der Waals surface area contributed by atoms with Gasteiger partial charge in [0.05, 0.1) is 30.0 Å². The maximum Gasteiger partial charge on any atom is 0.255 e. The van der Waals surface area contributed by atoms with Crippen LogP contribution in [0.15, 0.2) is 30.3 Å². The first-order valence-corrected chi connectivity index (χ1v) is 7.27. The van der Waals surface area contributed by atoms with E-state index >= 15 is 0 Å². The Morgan fingerprint density at radius 2 is 1.64 bits per heavy atom. The average molecular weight is 361 g/mol. The van der Waals surface area contributed by atoms with Gasteiger partial charge in [0, 0.05) is 10.6 Å². The first-order chi connectivity index (χ1) is 10.5. The van der Waals surface area contributed by atoms with Crippen LogP contribution in [0.5, 0.6) is 11.5 Å². The van der Waals surface area contributed by atoms with Crippen LogP contribution in [-0.2, 0) is 0 Å². The Balaban J connectivity index is 2.32. The van der Waals surface area contributed by atoms with Gasteiger partial charge in [-0.25, -0.2) is 0 Å². The fourth-order valence-corrected chi connectivity index (χ4v) is 2.67. The number of methoxy groups -OCH3 is 2. The van der Waals surface area contributed by atoms with Gasteiger partial charge >= 0.3 is 0 Å². The van der Waals surface area contributed by atoms with Gasteiger partial charge in [-0.3, -0.25) is 4.79 Å². The summed E-state index contributed by atoms with van der Waals surface area (Å²) in [6.07, 6.45) is 0. The molecule has 0 fully saturated rings. The summed E-state index contributed by atoms with van der Waals surface area (Å²) in [5.41, 5.74) is 0.737. The molecule has 1 N–H and O–H groups in total. The molecule has 2 rings (SSSR count). The van der Waals surface area contributed by atoms with Gasteiger partial charge in [-0.15, -0.1) is 0 Å². The second-order valence-electron chi connectivity index (χ2n) is 4.27. The third-order valence-corrected chi connectivity index (χ3v) is 3.67. The molecule has 0 aliphatic heterocycles. The molecule has 0 saturated carbocycles. The molecule has 7 heteroatoms. The molecule has 0 unspecified atom stereocenters. The van der Waals surface area contributed by atoms with Crippen LogP contribution in [0.3, 0.4) is 0 Å². The van der Waals surface area contributed by atoms with E-state index in [0.717, 1.165) is 0 Å². The van der Waals surface area contributed by atoms with Gasteiger partial charge in [-0.1, -0.05) is 34.8 Å². The van der Waals surface area contributed by atoms with E-state index in [1.54, 1.807) is 18.2 Å². The molecule has 116 valence electrons. The van der Waals surface area contributed by atoms with Crippen molar-refractivity contribution >= 4 is 46.4 Å². The van der Waals surface area contributed by atoms with Gasteiger partial charge in [-0.05, 0) is 30.3 Å². The van der Waals surface area contributed by atoms with Crippen molar-refractivity contribution in [3.05, 3.63) is 51.0 Å². The molecule has 0 aliphatic carbocycles. The summed E-state index contributed by atoms with van der Waals surface area (Å²) in [7, 11) is 2.95. The highest BCUT2D eigenvalue weighted by molar-refractivity contribution is 6.38. The second-order valence-corrected chi connectivity index (χ2v) is 5.52. The van der Waals surface area contributed by atoms with Gasteiger partial charge < -0.3 is 14.8 Å². The summed E-state index contributed by atoms with van der Waals surface area (Å²) in [4.78, 5) is 12.3. The van der Waals surface area contributed by atoms with Crippen molar-refractivity contribution in [1.82, 2.24) is 0 Å². The lowest BCUT2D eigenvalue weighted by molar-refractivity contribution is 0.102. The Morgan fingerprint density at radius 3 is 2.18 bits per heavy atom. The minimum atomic E-state index is -0.396. The van der Waals surface area contributed by atoms with Crippen LogP contribution < -0.4 is 14.8 Å². The molecule has 0 atom stereocenters. The lowest BCUT2D eigenvalue weighted by Gasteiger charge is -2.12. The predicted octanol–water partition coefficient (Wildman–Crippen LogP) is 4.92. The molecule has 1 amide bonds. The molecule has 0 spiro atoms. The van der Waals surface area contributed by atoms with Gasteiger partial charge in [-0.2, -0.15) is 0 Å². The van der Waals surface area contributed by atoms with E-state index in [0.29, 0.717) is 22.2 Å². The molecular weight excluding hydrogens is 349 g/mol. The molecule has 0 aliphatic rings. The van der Waals surface area contributed by atoms with Gasteiger partial charge in [0.2, 0.25) is 0 Å². The van der Waals surface area contributed by atoms with Crippen LogP contribution in [0.2, 0.25) is 15.1 Å². The zero-order valence-electron chi connectivity index (χ0n) is 11.7. The van der Waals surface area contributed by atoms with Gasteiger partial charge in [0.1, 0.15) is 5.75 Å². The van der Waals surface area contributed by atoms with Crippen LogP contribution in [0, 0.1) is 0 Å².